The number of benzene rings is 7. The summed E-state index contributed by atoms with van der Waals surface area (Å²) in [7, 11) is 0. The van der Waals surface area contributed by atoms with Gasteiger partial charge in [0, 0.05) is 43.5 Å². The zero-order chi connectivity index (χ0) is 33.9. The molecule has 3 heterocycles. The van der Waals surface area contributed by atoms with Gasteiger partial charge in [0.05, 0.1) is 0 Å². The molecule has 0 fully saturated rings. The first-order chi connectivity index (χ1) is 25.7. The second-order valence-electron chi connectivity index (χ2n) is 13.9. The molecule has 0 amide bonds. The van der Waals surface area contributed by atoms with Crippen molar-refractivity contribution in [2.75, 3.05) is 0 Å². The van der Waals surface area contributed by atoms with Crippen LogP contribution in [0, 0.1) is 0 Å². The highest BCUT2D eigenvalue weighted by Gasteiger charge is 2.39. The molecule has 0 bridgehead atoms. The number of thioether (sulfide) groups is 1. The number of para-hydroxylation sites is 1. The largest absolute Gasteiger partial charge is 0.456 e. The van der Waals surface area contributed by atoms with E-state index in [-0.39, 0.29) is 11.2 Å². The van der Waals surface area contributed by atoms with E-state index in [9.17, 15) is 0 Å². The van der Waals surface area contributed by atoms with Gasteiger partial charge >= 0.3 is 0 Å². The van der Waals surface area contributed by atoms with Crippen LogP contribution in [0.2, 0.25) is 0 Å². The second kappa shape index (κ2) is 10.6. The number of furan rings is 1. The maximum absolute atomic E-state index is 6.30. The number of rotatable bonds is 3. The van der Waals surface area contributed by atoms with E-state index in [0.29, 0.717) is 17.5 Å². The van der Waals surface area contributed by atoms with Gasteiger partial charge < -0.3 is 4.42 Å². The van der Waals surface area contributed by atoms with Gasteiger partial charge in [-0.3, -0.25) is 0 Å². The summed E-state index contributed by atoms with van der Waals surface area (Å²) in [5, 5.41) is 7.46. The van der Waals surface area contributed by atoms with Crippen LogP contribution in [0.1, 0.15) is 22.6 Å². The summed E-state index contributed by atoms with van der Waals surface area (Å²) in [5.74, 6) is 2.14. The number of hydrogen-bond donors (Lipinski definition) is 0. The van der Waals surface area contributed by atoms with Crippen LogP contribution in [0.5, 0.6) is 0 Å². The van der Waals surface area contributed by atoms with Crippen molar-refractivity contribution in [2.45, 2.75) is 16.1 Å². The van der Waals surface area contributed by atoms with Crippen LogP contribution in [-0.4, -0.2) is 20.2 Å². The lowest BCUT2D eigenvalue weighted by Gasteiger charge is -2.22. The van der Waals surface area contributed by atoms with Crippen LogP contribution in [0.15, 0.2) is 161 Å². The molecule has 0 saturated carbocycles. The van der Waals surface area contributed by atoms with Crippen LogP contribution in [0.25, 0.3) is 88.8 Å². The van der Waals surface area contributed by atoms with Crippen LogP contribution in [0.4, 0.5) is 0 Å². The number of fused-ring (bicyclic) bond motifs is 10. The van der Waals surface area contributed by atoms with Crippen molar-refractivity contribution in [1.29, 1.82) is 0 Å². The van der Waals surface area contributed by atoms with Crippen molar-refractivity contribution in [3.63, 3.8) is 0 Å². The van der Waals surface area contributed by atoms with E-state index in [4.69, 9.17) is 19.4 Å². The summed E-state index contributed by atoms with van der Waals surface area (Å²) in [5.41, 5.74) is 11.2. The maximum Gasteiger partial charge on any atom is 0.164 e. The molecule has 52 heavy (non-hydrogen) atoms. The summed E-state index contributed by atoms with van der Waals surface area (Å²) < 4.78 is 6.30. The fourth-order valence-corrected chi connectivity index (χ4v) is 10.0. The van der Waals surface area contributed by atoms with E-state index in [1.807, 2.05) is 30.0 Å². The number of nitrogens with zero attached hydrogens (tertiary/aromatic N) is 3. The van der Waals surface area contributed by atoms with E-state index >= 15 is 0 Å². The van der Waals surface area contributed by atoms with Gasteiger partial charge in [0.1, 0.15) is 11.2 Å². The van der Waals surface area contributed by atoms with Gasteiger partial charge in [-0.25, -0.2) is 15.0 Å². The van der Waals surface area contributed by atoms with E-state index in [1.165, 1.54) is 48.9 Å². The van der Waals surface area contributed by atoms with Crippen LogP contribution >= 0.6 is 11.8 Å². The first-order valence-corrected chi connectivity index (χ1v) is 18.5. The Bertz CT molecular complexity index is 3080. The summed E-state index contributed by atoms with van der Waals surface area (Å²) in [6.45, 7) is 0. The minimum atomic E-state index is 0.191. The Morgan fingerprint density at radius 1 is 0.481 bits per heavy atom. The van der Waals surface area contributed by atoms with Gasteiger partial charge in [-0.05, 0) is 79.7 Å². The molecule has 2 aliphatic carbocycles. The van der Waals surface area contributed by atoms with E-state index in [1.54, 1.807) is 0 Å². The molecule has 0 saturated heterocycles. The third-order valence-corrected chi connectivity index (χ3v) is 12.3. The normalized spacial score (nSPS) is 17.0. The molecule has 12 rings (SSSR count). The molecule has 0 spiro atoms. The fraction of sp³-hybridized carbons (Fsp3) is 0.0426. The highest BCUT2D eigenvalue weighted by atomic mass is 32.2. The molecule has 3 aliphatic rings. The van der Waals surface area contributed by atoms with Crippen molar-refractivity contribution in [2.24, 2.45) is 0 Å². The molecule has 2 unspecified atom stereocenters. The Labute approximate surface area is 303 Å². The average Bonchev–Trinajstić information content (AvgIpc) is 3.86. The SMILES string of the molecule is C1=C2C(=CC3c4c(cccc4-c4nc(-c5ccc6ccccc6c5)nc(-c5ccc6c(c5)oc5ccccc56)n4)SC13)c1cccc3cccc2c13. The Balaban J connectivity index is 1.05. The van der Waals surface area contributed by atoms with Gasteiger partial charge in [-0.1, -0.05) is 121 Å². The minimum absolute atomic E-state index is 0.191. The monoisotopic (exact) mass is 681 g/mol. The number of hydrogen-bond acceptors (Lipinski definition) is 5. The Morgan fingerprint density at radius 2 is 1.13 bits per heavy atom. The zero-order valence-corrected chi connectivity index (χ0v) is 28.6. The Hall–Kier alpha value is -6.30. The van der Waals surface area contributed by atoms with Crippen molar-refractivity contribution < 1.29 is 4.42 Å². The van der Waals surface area contributed by atoms with Gasteiger partial charge in [-0.15, -0.1) is 11.8 Å². The Kier molecular flexibility index (Phi) is 5.79. The minimum Gasteiger partial charge on any atom is -0.456 e. The molecule has 1 aliphatic heterocycles. The molecule has 5 heteroatoms. The predicted molar refractivity (Wildman–Crippen MR) is 213 cm³/mol. The molecular weight excluding hydrogens is 655 g/mol. The zero-order valence-electron chi connectivity index (χ0n) is 27.7. The first-order valence-electron chi connectivity index (χ1n) is 17.7. The highest BCUT2D eigenvalue weighted by molar-refractivity contribution is 8.00. The van der Waals surface area contributed by atoms with Crippen LogP contribution < -0.4 is 0 Å². The van der Waals surface area contributed by atoms with Crippen molar-refractivity contribution in [3.05, 3.63) is 168 Å². The van der Waals surface area contributed by atoms with Gasteiger partial charge in [0.15, 0.2) is 17.5 Å². The molecule has 242 valence electrons. The van der Waals surface area contributed by atoms with Crippen LogP contribution in [0.3, 0.4) is 0 Å². The summed E-state index contributed by atoms with van der Waals surface area (Å²) in [6, 6.07) is 49.3. The highest BCUT2D eigenvalue weighted by Crippen LogP contribution is 2.57. The summed E-state index contributed by atoms with van der Waals surface area (Å²) in [6.07, 6.45) is 5.02. The predicted octanol–water partition coefficient (Wildman–Crippen LogP) is 12.1. The fourth-order valence-electron chi connectivity index (χ4n) is 8.62. The molecule has 2 atom stereocenters. The first kappa shape index (κ1) is 28.4. The Morgan fingerprint density at radius 3 is 2.00 bits per heavy atom. The van der Waals surface area contributed by atoms with Crippen molar-refractivity contribution in [1.82, 2.24) is 15.0 Å². The molecule has 4 nitrogen and oxygen atoms in total. The van der Waals surface area contributed by atoms with Gasteiger partial charge in [0.2, 0.25) is 0 Å². The maximum atomic E-state index is 6.30. The van der Waals surface area contributed by atoms with Gasteiger partial charge in [-0.2, -0.15) is 0 Å². The van der Waals surface area contributed by atoms with Crippen molar-refractivity contribution >= 4 is 66.4 Å². The molecule has 0 N–H and O–H groups in total. The third kappa shape index (κ3) is 4.08. The molecule has 9 aromatic rings. The smallest absolute Gasteiger partial charge is 0.164 e. The third-order valence-electron chi connectivity index (χ3n) is 11.0. The molecule has 7 aromatic carbocycles. The van der Waals surface area contributed by atoms with E-state index < -0.39 is 0 Å². The molecule has 2 aromatic heterocycles. The summed E-state index contributed by atoms with van der Waals surface area (Å²) >= 11 is 1.95. The van der Waals surface area contributed by atoms with Crippen LogP contribution in [-0.2, 0) is 0 Å². The van der Waals surface area contributed by atoms with E-state index in [2.05, 4.69) is 133 Å². The average molecular weight is 682 g/mol. The topological polar surface area (TPSA) is 51.8 Å². The number of allylic oxidation sites excluding steroid dienone is 3. The lowest BCUT2D eigenvalue weighted by molar-refractivity contribution is 0.669. The molecule has 0 radical (unpaired) electrons. The second-order valence-corrected chi connectivity index (χ2v) is 15.1. The molecular formula is C47H27N3OS. The lowest BCUT2D eigenvalue weighted by atomic mass is 9.83. The summed E-state index contributed by atoms with van der Waals surface area (Å²) in [4.78, 5) is 16.9. The number of aromatic nitrogens is 3. The van der Waals surface area contributed by atoms with E-state index in [0.717, 1.165) is 44.0 Å². The lowest BCUT2D eigenvalue weighted by Crippen LogP contribution is -2.12. The van der Waals surface area contributed by atoms with Crippen molar-refractivity contribution in [3.8, 4) is 34.2 Å². The van der Waals surface area contributed by atoms with Gasteiger partial charge in [0.25, 0.3) is 0 Å². The quantitative estimate of drug-likeness (QED) is 0.186. The standard InChI is InChI=1S/C47H27N3OS/c1-2-9-28-22-29(19-18-26(28)8-1)45-48-46(30-20-21-32-31-12-3-4-16-39(31)51-40(32)23-30)50-47(49-45)35-15-7-17-41-44(35)38-24-36-33-13-5-10-27-11-6-14-34(43(27)33)37(36)25-42(38)52-41/h1-25,38,42H.